The van der Waals surface area contributed by atoms with Crippen LogP contribution in [0.15, 0.2) is 12.4 Å². The number of hydrogen-bond acceptors (Lipinski definition) is 6. The molecule has 2 saturated heterocycles. The molecule has 2 fully saturated rings. The molecule has 0 spiro atoms. The minimum absolute atomic E-state index is 0.206. The molecule has 1 aromatic rings. The largest absolute Gasteiger partial charge is 0.356 e. The third-order valence-electron chi connectivity index (χ3n) is 4.71. The van der Waals surface area contributed by atoms with Gasteiger partial charge in [-0.15, -0.1) is 0 Å². The summed E-state index contributed by atoms with van der Waals surface area (Å²) in [5.41, 5.74) is 0. The Morgan fingerprint density at radius 3 is 2.32 bits per heavy atom. The molecule has 6 nitrogen and oxygen atoms in total. The first-order valence-corrected chi connectivity index (χ1v) is 9.81. The van der Waals surface area contributed by atoms with Gasteiger partial charge in [-0.3, -0.25) is 0 Å². The van der Waals surface area contributed by atoms with Crippen LogP contribution in [0.1, 0.15) is 32.6 Å². The number of nitrogens with zero attached hydrogens (tertiary/aromatic N) is 4. The number of hydrogen-bond donors (Lipinski definition) is 0. The van der Waals surface area contributed by atoms with Crippen molar-refractivity contribution in [3.63, 3.8) is 0 Å². The molecule has 0 saturated carbocycles. The highest BCUT2D eigenvalue weighted by atomic mass is 32.2. The van der Waals surface area contributed by atoms with Crippen LogP contribution < -0.4 is 9.80 Å². The highest BCUT2D eigenvalue weighted by molar-refractivity contribution is 7.92. The summed E-state index contributed by atoms with van der Waals surface area (Å²) in [5, 5.41) is -0.263. The van der Waals surface area contributed by atoms with Crippen LogP contribution in [0.3, 0.4) is 0 Å². The van der Waals surface area contributed by atoms with Crippen LogP contribution in [0.4, 0.5) is 11.6 Å². The predicted molar refractivity (Wildman–Crippen MR) is 88.2 cm³/mol. The van der Waals surface area contributed by atoms with E-state index in [0.717, 1.165) is 31.3 Å². The molecular formula is C15H24N4O2S. The molecule has 2 aliphatic rings. The molecule has 0 radical (unpaired) electrons. The Balaban J connectivity index is 1.77. The van der Waals surface area contributed by atoms with Crippen molar-refractivity contribution in [3.8, 4) is 0 Å². The highest BCUT2D eigenvalue weighted by Gasteiger charge is 2.27. The van der Waals surface area contributed by atoms with E-state index in [4.69, 9.17) is 0 Å². The maximum atomic E-state index is 12.0. The molecule has 0 aliphatic carbocycles. The Morgan fingerprint density at radius 2 is 1.64 bits per heavy atom. The number of anilines is 2. The number of aromatic nitrogens is 2. The fraction of sp³-hybridized carbons (Fsp3) is 0.733. The monoisotopic (exact) mass is 324 g/mol. The molecule has 22 heavy (non-hydrogen) atoms. The van der Waals surface area contributed by atoms with Gasteiger partial charge in [0, 0.05) is 32.2 Å². The van der Waals surface area contributed by atoms with Gasteiger partial charge in [-0.2, -0.15) is 0 Å². The molecule has 0 N–H and O–H groups in total. The van der Waals surface area contributed by atoms with Crippen molar-refractivity contribution in [2.24, 2.45) is 0 Å². The van der Waals surface area contributed by atoms with Gasteiger partial charge in [0.15, 0.2) is 9.84 Å². The van der Waals surface area contributed by atoms with Gasteiger partial charge in [-0.1, -0.05) is 0 Å². The van der Waals surface area contributed by atoms with E-state index in [-0.39, 0.29) is 11.0 Å². The van der Waals surface area contributed by atoms with Crippen molar-refractivity contribution >= 4 is 21.5 Å². The quantitative estimate of drug-likeness (QED) is 0.821. The zero-order valence-electron chi connectivity index (χ0n) is 13.1. The second-order valence-corrected chi connectivity index (χ2v) is 8.77. The Kier molecular flexibility index (Phi) is 4.52. The lowest BCUT2D eigenvalue weighted by atomic mass is 10.1. The minimum atomic E-state index is -2.96. The third kappa shape index (κ3) is 3.34. The van der Waals surface area contributed by atoms with E-state index in [1.54, 1.807) is 13.3 Å². The number of sulfone groups is 1. The molecule has 0 bridgehead atoms. The van der Waals surface area contributed by atoms with Crippen LogP contribution in [0.5, 0.6) is 0 Å². The number of piperidine rings is 1. The van der Waals surface area contributed by atoms with E-state index in [0.29, 0.717) is 13.0 Å². The molecule has 3 heterocycles. The first-order chi connectivity index (χ1) is 10.6. The highest BCUT2D eigenvalue weighted by Crippen LogP contribution is 2.23. The van der Waals surface area contributed by atoms with Gasteiger partial charge < -0.3 is 9.80 Å². The molecule has 2 aliphatic heterocycles. The smallest absolute Gasteiger partial charge is 0.154 e. The third-order valence-corrected chi connectivity index (χ3v) is 6.92. The summed E-state index contributed by atoms with van der Waals surface area (Å²) < 4.78 is 24.1. The van der Waals surface area contributed by atoms with Crippen molar-refractivity contribution in [1.29, 1.82) is 0 Å². The molecule has 1 aromatic heterocycles. The summed E-state index contributed by atoms with van der Waals surface area (Å²) >= 11 is 0. The Bertz CT molecular complexity index is 614. The normalized spacial score (nSPS) is 25.8. The topological polar surface area (TPSA) is 66.4 Å². The van der Waals surface area contributed by atoms with Crippen molar-refractivity contribution in [2.75, 3.05) is 41.7 Å². The van der Waals surface area contributed by atoms with Gasteiger partial charge in [-0.05, 0) is 32.6 Å². The lowest BCUT2D eigenvalue weighted by Crippen LogP contribution is -2.31. The summed E-state index contributed by atoms with van der Waals surface area (Å²) in [6.07, 6.45) is 5.96. The standard InChI is InChI=1S/C15H24N4O2S/c1-13-5-8-19(9-10-22(13,20)21)15-11-14(16-12-17-15)18-6-3-2-4-7-18/h11-13H,2-10H2,1H3/t13-/m0/s1. The Labute approximate surface area is 132 Å². The van der Waals surface area contributed by atoms with Gasteiger partial charge in [0.05, 0.1) is 11.0 Å². The lowest BCUT2D eigenvalue weighted by molar-refractivity contribution is 0.573. The van der Waals surface area contributed by atoms with E-state index in [2.05, 4.69) is 19.8 Å². The van der Waals surface area contributed by atoms with Gasteiger partial charge >= 0.3 is 0 Å². The van der Waals surface area contributed by atoms with Crippen LogP contribution in [-0.4, -0.2) is 55.6 Å². The minimum Gasteiger partial charge on any atom is -0.356 e. The zero-order chi connectivity index (χ0) is 15.6. The average molecular weight is 324 g/mol. The summed E-state index contributed by atoms with van der Waals surface area (Å²) in [7, 11) is -2.96. The lowest BCUT2D eigenvalue weighted by Gasteiger charge is -2.29. The van der Waals surface area contributed by atoms with Crippen molar-refractivity contribution in [1.82, 2.24) is 9.97 Å². The summed E-state index contributed by atoms with van der Waals surface area (Å²) in [6, 6.07) is 2.01. The average Bonchev–Trinajstić information content (AvgIpc) is 2.68. The second-order valence-electron chi connectivity index (χ2n) is 6.24. The molecule has 1 atom stereocenters. The van der Waals surface area contributed by atoms with E-state index in [1.807, 2.05) is 6.07 Å². The first-order valence-electron chi connectivity index (χ1n) is 8.10. The maximum Gasteiger partial charge on any atom is 0.154 e. The van der Waals surface area contributed by atoms with Crippen LogP contribution in [0.2, 0.25) is 0 Å². The predicted octanol–water partition coefficient (Wildman–Crippen LogP) is 1.48. The molecule has 0 amide bonds. The van der Waals surface area contributed by atoms with E-state index in [9.17, 15) is 8.42 Å². The maximum absolute atomic E-state index is 12.0. The second kappa shape index (κ2) is 6.40. The Morgan fingerprint density at radius 1 is 1.00 bits per heavy atom. The summed E-state index contributed by atoms with van der Waals surface area (Å²) in [6.45, 7) is 5.14. The van der Waals surface area contributed by atoms with Crippen LogP contribution in [0, 0.1) is 0 Å². The molecule has 7 heteroatoms. The first kappa shape index (κ1) is 15.5. The molecule has 3 rings (SSSR count). The van der Waals surface area contributed by atoms with Gasteiger partial charge in [0.1, 0.15) is 18.0 Å². The fourth-order valence-corrected chi connectivity index (χ4v) is 4.44. The van der Waals surface area contributed by atoms with Crippen LogP contribution in [-0.2, 0) is 9.84 Å². The molecular weight excluding hydrogens is 300 g/mol. The Hall–Kier alpha value is -1.37. The van der Waals surface area contributed by atoms with Crippen molar-refractivity contribution in [3.05, 3.63) is 12.4 Å². The van der Waals surface area contributed by atoms with Crippen molar-refractivity contribution in [2.45, 2.75) is 37.9 Å². The SMILES string of the molecule is C[C@H]1CCN(c2cc(N3CCCCC3)ncn2)CCS1(=O)=O. The van der Waals surface area contributed by atoms with Gasteiger partial charge in [-0.25, -0.2) is 18.4 Å². The van der Waals surface area contributed by atoms with Gasteiger partial charge in [0.25, 0.3) is 0 Å². The van der Waals surface area contributed by atoms with Crippen LogP contribution >= 0.6 is 0 Å². The summed E-state index contributed by atoms with van der Waals surface area (Å²) in [5.74, 6) is 2.02. The van der Waals surface area contributed by atoms with E-state index < -0.39 is 9.84 Å². The number of rotatable bonds is 2. The molecule has 0 unspecified atom stereocenters. The van der Waals surface area contributed by atoms with E-state index in [1.165, 1.54) is 19.3 Å². The van der Waals surface area contributed by atoms with E-state index >= 15 is 0 Å². The zero-order valence-corrected chi connectivity index (χ0v) is 13.9. The molecule has 122 valence electrons. The van der Waals surface area contributed by atoms with Gasteiger partial charge in [0.2, 0.25) is 0 Å². The fourth-order valence-electron chi connectivity index (χ4n) is 3.10. The van der Waals surface area contributed by atoms with Crippen molar-refractivity contribution < 1.29 is 8.42 Å². The van der Waals surface area contributed by atoms with Crippen LogP contribution in [0.25, 0.3) is 0 Å². The molecule has 0 aromatic carbocycles. The summed E-state index contributed by atoms with van der Waals surface area (Å²) in [4.78, 5) is 13.1.